The van der Waals surface area contributed by atoms with Crippen LogP contribution in [0.4, 0.5) is 4.39 Å². The minimum absolute atomic E-state index is 0.187. The van der Waals surface area contributed by atoms with Crippen molar-refractivity contribution in [3.05, 3.63) is 35.6 Å². The highest BCUT2D eigenvalue weighted by Gasteiger charge is 2.25. The number of halogens is 1. The second kappa shape index (κ2) is 7.94. The molecule has 3 rings (SSSR count). The summed E-state index contributed by atoms with van der Waals surface area (Å²) in [6.45, 7) is 1.69. The summed E-state index contributed by atoms with van der Waals surface area (Å²) in [7, 11) is 0. The minimum Gasteiger partial charge on any atom is -0.342 e. The first kappa shape index (κ1) is 16.5. The average molecular weight is 317 g/mol. The summed E-state index contributed by atoms with van der Waals surface area (Å²) < 4.78 is 13.1. The van der Waals surface area contributed by atoms with Crippen LogP contribution in [0, 0.1) is 11.7 Å². The van der Waals surface area contributed by atoms with Crippen molar-refractivity contribution < 1.29 is 9.18 Å². The number of nitrogens with zero attached hydrogens (tertiary/aromatic N) is 1. The highest BCUT2D eigenvalue weighted by atomic mass is 19.1. The lowest BCUT2D eigenvalue weighted by Gasteiger charge is -2.28. The van der Waals surface area contributed by atoms with Gasteiger partial charge in [-0.2, -0.15) is 0 Å². The number of carbonyl (C=O) groups is 1. The predicted molar refractivity (Wildman–Crippen MR) is 90.8 cm³/mol. The summed E-state index contributed by atoms with van der Waals surface area (Å²) in [6, 6.07) is 6.84. The van der Waals surface area contributed by atoms with E-state index >= 15 is 0 Å². The van der Waals surface area contributed by atoms with Gasteiger partial charge in [0.15, 0.2) is 0 Å². The smallest absolute Gasteiger partial charge is 0.222 e. The fraction of sp³-hybridized carbons (Fsp3) is 0.650. The van der Waals surface area contributed by atoms with Crippen molar-refractivity contribution in [1.29, 1.82) is 0 Å². The maximum atomic E-state index is 13.1. The Kier molecular flexibility index (Phi) is 5.69. The normalized spacial score (nSPS) is 23.5. The molecule has 1 unspecified atom stereocenters. The first-order chi connectivity index (χ1) is 11.2. The summed E-state index contributed by atoms with van der Waals surface area (Å²) in [5.74, 6) is 1.11. The highest BCUT2D eigenvalue weighted by Crippen LogP contribution is 2.30. The first-order valence-corrected chi connectivity index (χ1v) is 9.25. The van der Waals surface area contributed by atoms with Gasteiger partial charge >= 0.3 is 0 Å². The number of hydrogen-bond donors (Lipinski definition) is 0. The van der Waals surface area contributed by atoms with E-state index in [2.05, 4.69) is 4.90 Å². The van der Waals surface area contributed by atoms with Gasteiger partial charge < -0.3 is 4.90 Å². The number of amides is 1. The van der Waals surface area contributed by atoms with E-state index in [0.29, 0.717) is 17.7 Å². The van der Waals surface area contributed by atoms with Crippen LogP contribution in [-0.4, -0.2) is 23.9 Å². The third kappa shape index (κ3) is 4.55. The Morgan fingerprint density at radius 2 is 1.70 bits per heavy atom. The van der Waals surface area contributed by atoms with Crippen LogP contribution in [-0.2, 0) is 4.79 Å². The molecule has 1 saturated carbocycles. The van der Waals surface area contributed by atoms with Crippen LogP contribution < -0.4 is 0 Å². The lowest BCUT2D eigenvalue weighted by atomic mass is 9.86. The van der Waals surface area contributed by atoms with Crippen LogP contribution in [0.2, 0.25) is 0 Å². The number of hydrogen-bond acceptors (Lipinski definition) is 1. The fourth-order valence-corrected chi connectivity index (χ4v) is 4.14. The molecule has 1 heterocycles. The Morgan fingerprint density at radius 3 is 2.43 bits per heavy atom. The molecule has 0 radical (unpaired) electrons. The van der Waals surface area contributed by atoms with Crippen LogP contribution in [0.3, 0.4) is 0 Å². The number of carbonyl (C=O) groups excluding carboxylic acids is 1. The molecular weight excluding hydrogens is 289 g/mol. The highest BCUT2D eigenvalue weighted by molar-refractivity contribution is 5.76. The van der Waals surface area contributed by atoms with Gasteiger partial charge in [-0.1, -0.05) is 37.8 Å². The van der Waals surface area contributed by atoms with Crippen molar-refractivity contribution in [3.63, 3.8) is 0 Å². The molecule has 0 aromatic heterocycles. The van der Waals surface area contributed by atoms with Crippen molar-refractivity contribution in [2.75, 3.05) is 13.1 Å². The number of likely N-dealkylation sites (tertiary alicyclic amines) is 1. The number of benzene rings is 1. The van der Waals surface area contributed by atoms with Gasteiger partial charge in [0.25, 0.3) is 0 Å². The van der Waals surface area contributed by atoms with Crippen molar-refractivity contribution in [2.24, 2.45) is 5.92 Å². The second-order valence-electron chi connectivity index (χ2n) is 7.29. The largest absolute Gasteiger partial charge is 0.342 e. The Labute approximate surface area is 139 Å². The predicted octanol–water partition coefficient (Wildman–Crippen LogP) is 4.89. The third-order valence-corrected chi connectivity index (χ3v) is 5.55. The first-order valence-electron chi connectivity index (χ1n) is 9.25. The van der Waals surface area contributed by atoms with Gasteiger partial charge in [-0.05, 0) is 49.3 Å². The van der Waals surface area contributed by atoms with Gasteiger partial charge in [0.1, 0.15) is 5.82 Å². The zero-order valence-corrected chi connectivity index (χ0v) is 14.0. The quantitative estimate of drug-likeness (QED) is 0.777. The summed E-state index contributed by atoms with van der Waals surface area (Å²) in [4.78, 5) is 14.8. The van der Waals surface area contributed by atoms with Crippen LogP contribution in [0.5, 0.6) is 0 Å². The molecule has 0 spiro atoms. The average Bonchev–Trinajstić information content (AvgIpc) is 2.83. The molecule has 1 aliphatic heterocycles. The molecule has 1 aromatic rings. The molecule has 0 bridgehead atoms. The Hall–Kier alpha value is -1.38. The molecule has 2 aliphatic rings. The fourth-order valence-electron chi connectivity index (χ4n) is 4.14. The van der Waals surface area contributed by atoms with Gasteiger partial charge in [0.05, 0.1) is 0 Å². The van der Waals surface area contributed by atoms with Crippen molar-refractivity contribution in [3.8, 4) is 0 Å². The summed E-state index contributed by atoms with van der Waals surface area (Å²) in [5, 5.41) is 0. The van der Waals surface area contributed by atoms with E-state index in [0.717, 1.165) is 38.8 Å². The second-order valence-corrected chi connectivity index (χ2v) is 7.29. The summed E-state index contributed by atoms with van der Waals surface area (Å²) >= 11 is 0. The summed E-state index contributed by atoms with van der Waals surface area (Å²) in [6.07, 6.45) is 10.4. The summed E-state index contributed by atoms with van der Waals surface area (Å²) in [5.41, 5.74) is 1.17. The topological polar surface area (TPSA) is 20.3 Å². The molecule has 1 atom stereocenters. The molecule has 23 heavy (non-hydrogen) atoms. The standard InChI is InChI=1S/C20H28FNO/c21-19-11-9-17(10-12-19)18-8-4-5-13-22(15-18)20(23)14-16-6-2-1-3-7-16/h9-12,16,18H,1-8,13-15H2. The van der Waals surface area contributed by atoms with E-state index < -0.39 is 0 Å². The molecule has 1 aliphatic carbocycles. The van der Waals surface area contributed by atoms with E-state index in [-0.39, 0.29) is 5.82 Å². The molecular formula is C20H28FNO. The molecule has 3 heteroatoms. The molecule has 1 aromatic carbocycles. The van der Waals surface area contributed by atoms with Crippen LogP contribution in [0.15, 0.2) is 24.3 Å². The SMILES string of the molecule is O=C(CC1CCCCC1)N1CCCCC(c2ccc(F)cc2)C1. The van der Waals surface area contributed by atoms with E-state index in [9.17, 15) is 9.18 Å². The van der Waals surface area contributed by atoms with Gasteiger partial charge in [-0.15, -0.1) is 0 Å². The maximum Gasteiger partial charge on any atom is 0.222 e. The molecule has 126 valence electrons. The number of rotatable bonds is 3. The van der Waals surface area contributed by atoms with E-state index in [1.54, 1.807) is 0 Å². The van der Waals surface area contributed by atoms with Crippen LogP contribution >= 0.6 is 0 Å². The zero-order chi connectivity index (χ0) is 16.1. The molecule has 0 N–H and O–H groups in total. The van der Waals surface area contributed by atoms with Gasteiger partial charge in [-0.25, -0.2) is 4.39 Å². The van der Waals surface area contributed by atoms with E-state index in [1.807, 2.05) is 12.1 Å². The molecule has 1 amide bonds. The van der Waals surface area contributed by atoms with Gasteiger partial charge in [0.2, 0.25) is 5.91 Å². The molecule has 2 fully saturated rings. The zero-order valence-electron chi connectivity index (χ0n) is 14.0. The Balaban J connectivity index is 1.61. The van der Waals surface area contributed by atoms with Crippen LogP contribution in [0.25, 0.3) is 0 Å². The van der Waals surface area contributed by atoms with Crippen molar-refractivity contribution in [1.82, 2.24) is 4.90 Å². The Bertz CT molecular complexity index is 507. The van der Waals surface area contributed by atoms with Gasteiger partial charge in [-0.3, -0.25) is 4.79 Å². The molecule has 1 saturated heterocycles. The molecule has 2 nitrogen and oxygen atoms in total. The van der Waals surface area contributed by atoms with Gasteiger partial charge in [0, 0.05) is 25.4 Å². The minimum atomic E-state index is -0.187. The monoisotopic (exact) mass is 317 g/mol. The lowest BCUT2D eigenvalue weighted by Crippen LogP contribution is -2.35. The van der Waals surface area contributed by atoms with E-state index in [4.69, 9.17) is 0 Å². The van der Waals surface area contributed by atoms with Crippen molar-refractivity contribution >= 4 is 5.91 Å². The maximum absolute atomic E-state index is 13.1. The van der Waals surface area contributed by atoms with Crippen LogP contribution in [0.1, 0.15) is 69.3 Å². The Morgan fingerprint density at radius 1 is 1.00 bits per heavy atom. The lowest BCUT2D eigenvalue weighted by molar-refractivity contribution is -0.132. The third-order valence-electron chi connectivity index (χ3n) is 5.55. The van der Waals surface area contributed by atoms with E-state index in [1.165, 1.54) is 49.8 Å². The van der Waals surface area contributed by atoms with Crippen molar-refractivity contribution in [2.45, 2.75) is 63.7 Å².